The number of nitrogens with one attached hydrogen (secondary N) is 2. The third kappa shape index (κ3) is 5.53. The number of carbonyl (C=O) groups excluding carboxylic acids is 2. The number of anilines is 1. The molecule has 0 aliphatic heterocycles. The zero-order valence-electron chi connectivity index (χ0n) is 15.8. The predicted octanol–water partition coefficient (Wildman–Crippen LogP) is 2.14. The smallest absolute Gasteiger partial charge is 0.261 e. The van der Waals surface area contributed by atoms with Gasteiger partial charge in [0.05, 0.1) is 4.90 Å². The number of benzene rings is 2. The van der Waals surface area contributed by atoms with Crippen molar-refractivity contribution in [2.75, 3.05) is 25.4 Å². The molecule has 2 rings (SSSR count). The average Bonchev–Trinajstić information content (AvgIpc) is 2.63. The molecule has 2 aromatic carbocycles. The van der Waals surface area contributed by atoms with Crippen molar-refractivity contribution < 1.29 is 22.4 Å². The first kappa shape index (κ1) is 21.4. The number of hydrogen-bond donors (Lipinski definition) is 2. The first-order chi connectivity index (χ1) is 13.1. The van der Waals surface area contributed by atoms with Crippen LogP contribution in [0, 0.1) is 12.7 Å². The van der Waals surface area contributed by atoms with Crippen LogP contribution in [0.25, 0.3) is 0 Å². The fourth-order valence-electron chi connectivity index (χ4n) is 2.29. The van der Waals surface area contributed by atoms with Crippen molar-refractivity contribution in [2.24, 2.45) is 0 Å². The standard InChI is InChI=1S/C19H22FN3O4S/c1-13-7-8-16(12-17(13)20)28(26,27)22-15-6-4-5-14(11-15)19(25)21-10-9-18(24)23(2)3/h4-8,11-12,22H,9-10H2,1-3H3,(H,21,25). The van der Waals surface area contributed by atoms with E-state index in [1.807, 2.05) is 0 Å². The summed E-state index contributed by atoms with van der Waals surface area (Å²) in [4.78, 5) is 24.9. The van der Waals surface area contributed by atoms with Gasteiger partial charge < -0.3 is 10.2 Å². The van der Waals surface area contributed by atoms with E-state index in [2.05, 4.69) is 10.0 Å². The van der Waals surface area contributed by atoms with Crippen LogP contribution in [0.5, 0.6) is 0 Å². The molecular weight excluding hydrogens is 385 g/mol. The molecule has 2 amide bonds. The second-order valence-electron chi connectivity index (χ2n) is 6.39. The van der Waals surface area contributed by atoms with Crippen molar-refractivity contribution in [3.8, 4) is 0 Å². The highest BCUT2D eigenvalue weighted by Gasteiger charge is 2.17. The van der Waals surface area contributed by atoms with Gasteiger partial charge in [-0.15, -0.1) is 0 Å². The Morgan fingerprint density at radius 2 is 1.82 bits per heavy atom. The molecule has 0 radical (unpaired) electrons. The van der Waals surface area contributed by atoms with Crippen LogP contribution in [0.15, 0.2) is 47.4 Å². The van der Waals surface area contributed by atoms with Crippen molar-refractivity contribution in [2.45, 2.75) is 18.2 Å². The van der Waals surface area contributed by atoms with Crippen molar-refractivity contribution in [3.05, 3.63) is 59.4 Å². The number of aryl methyl sites for hydroxylation is 1. The number of carbonyl (C=O) groups is 2. The maximum Gasteiger partial charge on any atom is 0.261 e. The molecule has 2 aromatic rings. The Kier molecular flexibility index (Phi) is 6.74. The molecule has 0 aromatic heterocycles. The van der Waals surface area contributed by atoms with E-state index in [9.17, 15) is 22.4 Å². The largest absolute Gasteiger partial charge is 0.352 e. The summed E-state index contributed by atoms with van der Waals surface area (Å²) >= 11 is 0. The predicted molar refractivity (Wildman–Crippen MR) is 104 cm³/mol. The average molecular weight is 407 g/mol. The summed E-state index contributed by atoms with van der Waals surface area (Å²) in [5, 5.41) is 2.61. The minimum absolute atomic E-state index is 0.118. The van der Waals surface area contributed by atoms with Gasteiger partial charge >= 0.3 is 0 Å². The minimum atomic E-state index is -4.00. The lowest BCUT2D eigenvalue weighted by molar-refractivity contribution is -0.128. The molecule has 0 saturated heterocycles. The number of amides is 2. The van der Waals surface area contributed by atoms with E-state index in [0.29, 0.717) is 5.56 Å². The summed E-state index contributed by atoms with van der Waals surface area (Å²) < 4.78 is 40.9. The SMILES string of the molecule is Cc1ccc(S(=O)(=O)Nc2cccc(C(=O)NCCC(=O)N(C)C)c2)cc1F. The number of halogens is 1. The lowest BCUT2D eigenvalue weighted by Crippen LogP contribution is -2.30. The second-order valence-corrected chi connectivity index (χ2v) is 8.07. The molecule has 7 nitrogen and oxygen atoms in total. The Labute approximate surface area is 163 Å². The number of hydrogen-bond acceptors (Lipinski definition) is 4. The summed E-state index contributed by atoms with van der Waals surface area (Å²) in [5.41, 5.74) is 0.732. The summed E-state index contributed by atoms with van der Waals surface area (Å²) in [7, 11) is -0.755. The van der Waals surface area contributed by atoms with Crippen molar-refractivity contribution in [1.29, 1.82) is 0 Å². The summed E-state index contributed by atoms with van der Waals surface area (Å²) in [6, 6.07) is 9.51. The van der Waals surface area contributed by atoms with Crippen molar-refractivity contribution in [1.82, 2.24) is 10.2 Å². The van der Waals surface area contributed by atoms with E-state index in [1.165, 1.54) is 48.2 Å². The highest BCUT2D eigenvalue weighted by molar-refractivity contribution is 7.92. The highest BCUT2D eigenvalue weighted by Crippen LogP contribution is 2.19. The molecule has 2 N–H and O–H groups in total. The van der Waals surface area contributed by atoms with Crippen LogP contribution in [0.3, 0.4) is 0 Å². The van der Waals surface area contributed by atoms with Crippen LogP contribution < -0.4 is 10.0 Å². The Morgan fingerprint density at radius 1 is 1.11 bits per heavy atom. The Bertz CT molecular complexity index is 990. The molecule has 0 bridgehead atoms. The molecule has 0 saturated carbocycles. The van der Waals surface area contributed by atoms with Crippen LogP contribution in [-0.2, 0) is 14.8 Å². The maximum absolute atomic E-state index is 13.7. The minimum Gasteiger partial charge on any atom is -0.352 e. The molecular formula is C19H22FN3O4S. The van der Waals surface area contributed by atoms with Crippen molar-refractivity contribution >= 4 is 27.5 Å². The zero-order valence-corrected chi connectivity index (χ0v) is 16.6. The molecule has 9 heteroatoms. The van der Waals surface area contributed by atoms with Gasteiger partial charge in [-0.3, -0.25) is 14.3 Å². The van der Waals surface area contributed by atoms with Gasteiger partial charge in [0.25, 0.3) is 15.9 Å². The van der Waals surface area contributed by atoms with Gasteiger partial charge in [0.2, 0.25) is 5.91 Å². The van der Waals surface area contributed by atoms with Gasteiger partial charge in [0.1, 0.15) is 5.82 Å². The Morgan fingerprint density at radius 3 is 2.46 bits per heavy atom. The fourth-order valence-corrected chi connectivity index (χ4v) is 3.35. The van der Waals surface area contributed by atoms with Crippen LogP contribution in [-0.4, -0.2) is 45.8 Å². The van der Waals surface area contributed by atoms with E-state index >= 15 is 0 Å². The van der Waals surface area contributed by atoms with Crippen molar-refractivity contribution in [3.63, 3.8) is 0 Å². The zero-order chi connectivity index (χ0) is 20.9. The van der Waals surface area contributed by atoms with Gasteiger partial charge in [-0.1, -0.05) is 12.1 Å². The second kappa shape index (κ2) is 8.83. The number of nitrogens with zero attached hydrogens (tertiary/aromatic N) is 1. The Hall–Kier alpha value is -2.94. The molecule has 0 aliphatic rings. The normalized spacial score (nSPS) is 11.0. The summed E-state index contributed by atoms with van der Waals surface area (Å²) in [6.45, 7) is 1.70. The molecule has 0 spiro atoms. The monoisotopic (exact) mass is 407 g/mol. The van der Waals surface area contributed by atoms with Gasteiger partial charge in [0, 0.05) is 38.3 Å². The van der Waals surface area contributed by atoms with Gasteiger partial charge in [-0.05, 0) is 42.8 Å². The van der Waals surface area contributed by atoms with E-state index in [1.54, 1.807) is 14.1 Å². The topological polar surface area (TPSA) is 95.6 Å². The molecule has 0 atom stereocenters. The van der Waals surface area contributed by atoms with Crippen LogP contribution in [0.1, 0.15) is 22.3 Å². The fraction of sp³-hybridized carbons (Fsp3) is 0.263. The molecule has 0 unspecified atom stereocenters. The van der Waals surface area contributed by atoms with Crippen LogP contribution in [0.4, 0.5) is 10.1 Å². The summed E-state index contributed by atoms with van der Waals surface area (Å²) in [5.74, 6) is -1.18. The molecule has 150 valence electrons. The first-order valence-electron chi connectivity index (χ1n) is 8.47. The molecule has 0 fully saturated rings. The number of rotatable bonds is 7. The summed E-state index contributed by atoms with van der Waals surface area (Å²) in [6.07, 6.45) is 0.157. The maximum atomic E-state index is 13.7. The van der Waals surface area contributed by atoms with Gasteiger partial charge in [-0.25, -0.2) is 12.8 Å². The highest BCUT2D eigenvalue weighted by atomic mass is 32.2. The van der Waals surface area contributed by atoms with Crippen LogP contribution >= 0.6 is 0 Å². The quantitative estimate of drug-likeness (QED) is 0.735. The third-order valence-electron chi connectivity index (χ3n) is 3.95. The molecule has 28 heavy (non-hydrogen) atoms. The van der Waals surface area contributed by atoms with Crippen LogP contribution in [0.2, 0.25) is 0 Å². The Balaban J connectivity index is 2.08. The van der Waals surface area contributed by atoms with E-state index < -0.39 is 21.7 Å². The molecule has 0 aliphatic carbocycles. The van der Waals surface area contributed by atoms with E-state index in [-0.39, 0.29) is 35.0 Å². The van der Waals surface area contributed by atoms with Gasteiger partial charge in [0.15, 0.2) is 0 Å². The first-order valence-corrected chi connectivity index (χ1v) is 9.96. The van der Waals surface area contributed by atoms with E-state index in [0.717, 1.165) is 6.07 Å². The van der Waals surface area contributed by atoms with Gasteiger partial charge in [-0.2, -0.15) is 0 Å². The number of sulfonamides is 1. The lowest BCUT2D eigenvalue weighted by Gasteiger charge is -2.12. The lowest BCUT2D eigenvalue weighted by atomic mass is 10.2. The molecule has 0 heterocycles. The third-order valence-corrected chi connectivity index (χ3v) is 5.33. The van der Waals surface area contributed by atoms with E-state index in [4.69, 9.17) is 0 Å².